The van der Waals surface area contributed by atoms with Gasteiger partial charge in [-0.25, -0.2) is 8.78 Å². The van der Waals surface area contributed by atoms with Gasteiger partial charge in [-0.05, 0) is 36.2 Å². The van der Waals surface area contributed by atoms with E-state index in [2.05, 4.69) is 5.32 Å². The first-order chi connectivity index (χ1) is 9.51. The Bertz CT molecular complexity index is 658. The molecule has 0 fully saturated rings. The van der Waals surface area contributed by atoms with E-state index in [1.165, 1.54) is 13.0 Å². The summed E-state index contributed by atoms with van der Waals surface area (Å²) in [5.74, 6) is -1.88. The molecule has 0 saturated heterocycles. The molecule has 0 aliphatic heterocycles. The van der Waals surface area contributed by atoms with Crippen molar-refractivity contribution < 1.29 is 13.6 Å². The first-order valence-electron chi connectivity index (χ1n) is 5.93. The van der Waals surface area contributed by atoms with E-state index in [1.807, 2.05) is 6.07 Å². The van der Waals surface area contributed by atoms with Crippen molar-refractivity contribution in [3.8, 4) is 0 Å². The fourth-order valence-electron chi connectivity index (χ4n) is 1.76. The summed E-state index contributed by atoms with van der Waals surface area (Å²) in [5.41, 5.74) is 1.36. The third-order valence-electron chi connectivity index (χ3n) is 2.83. The van der Waals surface area contributed by atoms with Crippen LogP contribution in [0.3, 0.4) is 0 Å². The van der Waals surface area contributed by atoms with Crippen molar-refractivity contribution in [3.05, 3.63) is 64.7 Å². The number of hydrogen-bond acceptors (Lipinski definition) is 1. The standard InChI is InChI=1S/C15H12ClF2NO/c1-9-5-12(14(18)7-13(9)17)15(20)19-11-4-2-3-10(6-11)8-16/h2-7H,8H2,1H3,(H,19,20). The predicted molar refractivity (Wildman–Crippen MR) is 75.0 cm³/mol. The molecule has 0 bridgehead atoms. The number of alkyl halides is 1. The highest BCUT2D eigenvalue weighted by Crippen LogP contribution is 2.17. The zero-order valence-electron chi connectivity index (χ0n) is 10.7. The van der Waals surface area contributed by atoms with Crippen LogP contribution in [0.1, 0.15) is 21.5 Å². The van der Waals surface area contributed by atoms with Crippen molar-refractivity contribution >= 4 is 23.2 Å². The molecule has 0 aromatic heterocycles. The SMILES string of the molecule is Cc1cc(C(=O)Nc2cccc(CCl)c2)c(F)cc1F. The summed E-state index contributed by atoms with van der Waals surface area (Å²) in [6.07, 6.45) is 0. The third-order valence-corrected chi connectivity index (χ3v) is 3.14. The van der Waals surface area contributed by atoms with Gasteiger partial charge >= 0.3 is 0 Å². The Morgan fingerprint density at radius 1 is 1.20 bits per heavy atom. The Morgan fingerprint density at radius 2 is 1.95 bits per heavy atom. The number of carbonyl (C=O) groups is 1. The molecule has 0 spiro atoms. The Balaban J connectivity index is 2.26. The number of carbonyl (C=O) groups excluding carboxylic acids is 1. The fraction of sp³-hybridized carbons (Fsp3) is 0.133. The van der Waals surface area contributed by atoms with E-state index >= 15 is 0 Å². The monoisotopic (exact) mass is 295 g/mol. The van der Waals surface area contributed by atoms with Gasteiger partial charge in [-0.1, -0.05) is 12.1 Å². The molecule has 0 aliphatic rings. The van der Waals surface area contributed by atoms with Crippen LogP contribution in [0, 0.1) is 18.6 Å². The minimum Gasteiger partial charge on any atom is -0.322 e. The lowest BCUT2D eigenvalue weighted by molar-refractivity contribution is 0.102. The molecule has 0 atom stereocenters. The second kappa shape index (κ2) is 6.01. The zero-order chi connectivity index (χ0) is 14.7. The summed E-state index contributed by atoms with van der Waals surface area (Å²) in [5, 5.41) is 2.56. The summed E-state index contributed by atoms with van der Waals surface area (Å²) in [6.45, 7) is 1.47. The van der Waals surface area contributed by atoms with Crippen LogP contribution in [0.15, 0.2) is 36.4 Å². The predicted octanol–water partition coefficient (Wildman–Crippen LogP) is 4.26. The van der Waals surface area contributed by atoms with Crippen LogP contribution in [-0.2, 0) is 5.88 Å². The first kappa shape index (κ1) is 14.5. The normalized spacial score (nSPS) is 10.4. The zero-order valence-corrected chi connectivity index (χ0v) is 11.5. The van der Waals surface area contributed by atoms with Crippen molar-refractivity contribution in [1.82, 2.24) is 0 Å². The highest BCUT2D eigenvalue weighted by atomic mass is 35.5. The molecule has 2 aromatic carbocycles. The van der Waals surface area contributed by atoms with Crippen molar-refractivity contribution in [2.45, 2.75) is 12.8 Å². The highest BCUT2D eigenvalue weighted by Gasteiger charge is 2.14. The second-order valence-corrected chi connectivity index (χ2v) is 4.64. The largest absolute Gasteiger partial charge is 0.322 e. The van der Waals surface area contributed by atoms with E-state index in [-0.39, 0.29) is 11.1 Å². The molecule has 104 valence electrons. The number of benzene rings is 2. The van der Waals surface area contributed by atoms with Gasteiger partial charge in [-0.3, -0.25) is 4.79 Å². The maximum atomic E-state index is 13.6. The summed E-state index contributed by atoms with van der Waals surface area (Å²) >= 11 is 5.70. The van der Waals surface area contributed by atoms with Crippen LogP contribution >= 0.6 is 11.6 Å². The molecule has 2 rings (SSSR count). The molecule has 0 aliphatic carbocycles. The topological polar surface area (TPSA) is 29.1 Å². The number of halogens is 3. The molecule has 0 saturated carbocycles. The summed E-state index contributed by atoms with van der Waals surface area (Å²) in [4.78, 5) is 12.0. The van der Waals surface area contributed by atoms with E-state index in [0.29, 0.717) is 17.6 Å². The van der Waals surface area contributed by atoms with Gasteiger partial charge in [0.25, 0.3) is 5.91 Å². The highest BCUT2D eigenvalue weighted by molar-refractivity contribution is 6.17. The smallest absolute Gasteiger partial charge is 0.258 e. The molecule has 1 N–H and O–H groups in total. The minimum atomic E-state index is -0.890. The molecule has 5 heteroatoms. The average molecular weight is 296 g/mol. The van der Waals surface area contributed by atoms with Crippen molar-refractivity contribution in [2.75, 3.05) is 5.32 Å². The van der Waals surface area contributed by atoms with Crippen LogP contribution in [0.2, 0.25) is 0 Å². The van der Waals surface area contributed by atoms with Gasteiger partial charge in [-0.15, -0.1) is 11.6 Å². The Kier molecular flexibility index (Phi) is 4.35. The van der Waals surface area contributed by atoms with E-state index in [1.54, 1.807) is 18.2 Å². The summed E-state index contributed by atoms with van der Waals surface area (Å²) in [6, 6.07) is 8.80. The lowest BCUT2D eigenvalue weighted by Gasteiger charge is -2.08. The number of rotatable bonds is 3. The van der Waals surface area contributed by atoms with Crippen molar-refractivity contribution in [3.63, 3.8) is 0 Å². The average Bonchev–Trinajstić information content (AvgIpc) is 2.43. The molecular formula is C15H12ClF2NO. The van der Waals surface area contributed by atoms with Crippen LogP contribution in [-0.4, -0.2) is 5.91 Å². The summed E-state index contributed by atoms with van der Waals surface area (Å²) in [7, 11) is 0. The van der Waals surface area contributed by atoms with Gasteiger partial charge in [0.15, 0.2) is 0 Å². The van der Waals surface area contributed by atoms with E-state index in [0.717, 1.165) is 5.56 Å². The van der Waals surface area contributed by atoms with Gasteiger partial charge in [0.1, 0.15) is 11.6 Å². The Hall–Kier alpha value is -1.94. The number of hydrogen-bond donors (Lipinski definition) is 1. The van der Waals surface area contributed by atoms with Crippen LogP contribution < -0.4 is 5.32 Å². The van der Waals surface area contributed by atoms with Gasteiger partial charge in [0, 0.05) is 17.6 Å². The molecule has 0 radical (unpaired) electrons. The van der Waals surface area contributed by atoms with E-state index < -0.39 is 17.5 Å². The quantitative estimate of drug-likeness (QED) is 0.842. The van der Waals surface area contributed by atoms with Crippen LogP contribution in [0.25, 0.3) is 0 Å². The van der Waals surface area contributed by atoms with Gasteiger partial charge in [0.05, 0.1) is 5.56 Å². The Morgan fingerprint density at radius 3 is 2.65 bits per heavy atom. The minimum absolute atomic E-state index is 0.194. The van der Waals surface area contributed by atoms with Crippen LogP contribution in [0.5, 0.6) is 0 Å². The van der Waals surface area contributed by atoms with Crippen molar-refractivity contribution in [1.29, 1.82) is 0 Å². The number of aryl methyl sites for hydroxylation is 1. The van der Waals surface area contributed by atoms with Gasteiger partial charge in [0.2, 0.25) is 0 Å². The first-order valence-corrected chi connectivity index (χ1v) is 6.46. The van der Waals surface area contributed by atoms with E-state index in [4.69, 9.17) is 11.6 Å². The fourth-order valence-corrected chi connectivity index (χ4v) is 1.93. The number of amides is 1. The molecular weight excluding hydrogens is 284 g/mol. The van der Waals surface area contributed by atoms with Gasteiger partial charge < -0.3 is 5.32 Å². The Labute approximate surface area is 120 Å². The molecule has 1 amide bonds. The molecule has 20 heavy (non-hydrogen) atoms. The van der Waals surface area contributed by atoms with Crippen molar-refractivity contribution in [2.24, 2.45) is 0 Å². The second-order valence-electron chi connectivity index (χ2n) is 4.37. The maximum absolute atomic E-state index is 13.6. The molecule has 2 aromatic rings. The summed E-state index contributed by atoms with van der Waals surface area (Å²) < 4.78 is 26.8. The number of nitrogens with one attached hydrogen (secondary N) is 1. The van der Waals surface area contributed by atoms with Gasteiger partial charge in [-0.2, -0.15) is 0 Å². The lowest BCUT2D eigenvalue weighted by Crippen LogP contribution is -2.14. The van der Waals surface area contributed by atoms with Crippen LogP contribution in [0.4, 0.5) is 14.5 Å². The molecule has 0 unspecified atom stereocenters. The third kappa shape index (κ3) is 3.14. The lowest BCUT2D eigenvalue weighted by atomic mass is 10.1. The molecule has 0 heterocycles. The van der Waals surface area contributed by atoms with E-state index in [9.17, 15) is 13.6 Å². The maximum Gasteiger partial charge on any atom is 0.258 e. The molecule has 2 nitrogen and oxygen atoms in total. The number of anilines is 1.